The average Bonchev–Trinajstić information content (AvgIpc) is 2.59. The molecule has 0 radical (unpaired) electrons. The Bertz CT molecular complexity index is 653. The number of carbonyl (C=O) groups is 1. The summed E-state index contributed by atoms with van der Waals surface area (Å²) < 4.78 is 17.2. The van der Waals surface area contributed by atoms with Crippen LogP contribution in [0.3, 0.4) is 0 Å². The highest BCUT2D eigenvalue weighted by molar-refractivity contribution is 6.91. The van der Waals surface area contributed by atoms with Gasteiger partial charge in [0.2, 0.25) is 0 Å². The summed E-state index contributed by atoms with van der Waals surface area (Å²) in [5.41, 5.74) is 1.55. The van der Waals surface area contributed by atoms with E-state index in [0.717, 1.165) is 19.3 Å². The van der Waals surface area contributed by atoms with Crippen LogP contribution in [-0.4, -0.2) is 39.1 Å². The summed E-state index contributed by atoms with van der Waals surface area (Å²) >= 11 is 0. The molecule has 0 spiro atoms. The van der Waals surface area contributed by atoms with Crippen LogP contribution in [0, 0.1) is 12.8 Å². The van der Waals surface area contributed by atoms with Gasteiger partial charge in [-0.1, -0.05) is 55.0 Å². The second-order valence-corrected chi connectivity index (χ2v) is 14.1. The zero-order chi connectivity index (χ0) is 21.1. The first-order valence-corrected chi connectivity index (χ1v) is 13.5. The van der Waals surface area contributed by atoms with Crippen LogP contribution < -0.4 is 5.19 Å². The Morgan fingerprint density at radius 2 is 1.86 bits per heavy atom. The summed E-state index contributed by atoms with van der Waals surface area (Å²) in [6.45, 7) is 15.0. The fourth-order valence-corrected chi connectivity index (χ4v) is 8.43. The quantitative estimate of drug-likeness (QED) is 0.482. The van der Waals surface area contributed by atoms with Gasteiger partial charge in [0, 0.05) is 0 Å². The Balaban J connectivity index is 2.22. The van der Waals surface area contributed by atoms with Crippen molar-refractivity contribution >= 4 is 19.2 Å². The first-order chi connectivity index (χ1) is 13.0. The molecular weight excluding hydrogens is 368 g/mol. The zero-order valence-electron chi connectivity index (χ0n) is 18.9. The monoisotopic (exact) mass is 406 g/mol. The van der Waals surface area contributed by atoms with Crippen molar-refractivity contribution in [1.82, 2.24) is 0 Å². The highest BCUT2D eigenvalue weighted by Crippen LogP contribution is 2.38. The minimum atomic E-state index is -1.90. The van der Waals surface area contributed by atoms with E-state index in [9.17, 15) is 4.79 Å². The van der Waals surface area contributed by atoms with Crippen LogP contribution in [0.2, 0.25) is 18.6 Å². The van der Waals surface area contributed by atoms with Crippen molar-refractivity contribution < 1.29 is 19.0 Å². The molecule has 1 heterocycles. The molecule has 0 aliphatic carbocycles. The van der Waals surface area contributed by atoms with E-state index < -0.39 is 13.9 Å². The third-order valence-corrected chi connectivity index (χ3v) is 10.7. The van der Waals surface area contributed by atoms with Crippen molar-refractivity contribution in [2.24, 2.45) is 5.92 Å². The molecule has 1 saturated heterocycles. The molecule has 5 heteroatoms. The molecule has 1 aromatic rings. The van der Waals surface area contributed by atoms with Gasteiger partial charge in [0.05, 0.1) is 33.3 Å². The summed E-state index contributed by atoms with van der Waals surface area (Å²) in [4.78, 5) is 12.4. The van der Waals surface area contributed by atoms with Crippen molar-refractivity contribution in [2.45, 2.75) is 90.5 Å². The molecule has 2 rings (SSSR count). The van der Waals surface area contributed by atoms with E-state index in [1.54, 1.807) is 0 Å². The lowest BCUT2D eigenvalue weighted by Crippen LogP contribution is -2.50. The minimum Gasteiger partial charge on any atom is -0.469 e. The lowest BCUT2D eigenvalue weighted by atomic mass is 9.98. The normalized spacial score (nSPS) is 24.4. The predicted molar refractivity (Wildman–Crippen MR) is 117 cm³/mol. The van der Waals surface area contributed by atoms with Crippen molar-refractivity contribution in [3.8, 4) is 0 Å². The number of benzene rings is 1. The van der Waals surface area contributed by atoms with Crippen LogP contribution in [-0.2, 0) is 19.0 Å². The molecule has 1 aliphatic rings. The van der Waals surface area contributed by atoms with Gasteiger partial charge < -0.3 is 14.2 Å². The van der Waals surface area contributed by atoms with Crippen LogP contribution >= 0.6 is 0 Å². The van der Waals surface area contributed by atoms with Crippen LogP contribution in [0.15, 0.2) is 24.3 Å². The Morgan fingerprint density at radius 3 is 2.39 bits per heavy atom. The van der Waals surface area contributed by atoms with Gasteiger partial charge in [-0.25, -0.2) is 0 Å². The fourth-order valence-electron chi connectivity index (χ4n) is 4.71. The molecule has 0 saturated carbocycles. The third-order valence-electron chi connectivity index (χ3n) is 6.23. The molecule has 0 amide bonds. The summed E-state index contributed by atoms with van der Waals surface area (Å²) in [7, 11) is -0.411. The third kappa shape index (κ3) is 5.68. The maximum absolute atomic E-state index is 12.4. The lowest BCUT2D eigenvalue weighted by molar-refractivity contribution is -0.296. The second kappa shape index (κ2) is 9.10. The summed E-state index contributed by atoms with van der Waals surface area (Å²) in [6, 6.07) is 8.84. The Hall–Kier alpha value is -1.17. The Morgan fingerprint density at radius 1 is 1.25 bits per heavy atom. The lowest BCUT2D eigenvalue weighted by Gasteiger charge is -2.41. The average molecular weight is 407 g/mol. The van der Waals surface area contributed by atoms with Gasteiger partial charge in [-0.05, 0) is 52.5 Å². The highest BCUT2D eigenvalue weighted by atomic mass is 28.3. The van der Waals surface area contributed by atoms with Gasteiger partial charge >= 0.3 is 5.97 Å². The van der Waals surface area contributed by atoms with E-state index in [4.69, 9.17) is 14.2 Å². The van der Waals surface area contributed by atoms with E-state index in [2.05, 4.69) is 51.2 Å². The number of esters is 1. The van der Waals surface area contributed by atoms with E-state index in [1.165, 1.54) is 17.9 Å². The van der Waals surface area contributed by atoms with E-state index in [-0.39, 0.29) is 29.6 Å². The van der Waals surface area contributed by atoms with Crippen molar-refractivity contribution in [3.05, 3.63) is 29.8 Å². The molecule has 158 valence electrons. The molecule has 0 bridgehead atoms. The fraction of sp³-hybridized carbons (Fsp3) is 0.696. The van der Waals surface area contributed by atoms with Crippen LogP contribution in [0.25, 0.3) is 0 Å². The molecule has 4 atom stereocenters. The maximum atomic E-state index is 12.4. The number of ether oxygens (including phenoxy) is 3. The molecule has 0 unspecified atom stereocenters. The summed E-state index contributed by atoms with van der Waals surface area (Å²) in [5.74, 6) is -0.784. The molecular formula is C23H38O4Si. The first-order valence-electron chi connectivity index (χ1n) is 10.5. The Labute approximate surface area is 172 Å². The topological polar surface area (TPSA) is 44.8 Å². The molecule has 28 heavy (non-hydrogen) atoms. The zero-order valence-corrected chi connectivity index (χ0v) is 19.9. The second-order valence-electron chi connectivity index (χ2n) is 9.39. The van der Waals surface area contributed by atoms with E-state index in [1.807, 2.05) is 20.8 Å². The molecule has 1 fully saturated rings. The predicted octanol–water partition coefficient (Wildman–Crippen LogP) is 4.80. The molecule has 0 N–H and O–H groups in total. The molecule has 4 nitrogen and oxygen atoms in total. The number of methoxy groups -OCH3 is 1. The molecule has 0 aromatic heterocycles. The number of aryl methyl sites for hydroxylation is 1. The van der Waals surface area contributed by atoms with E-state index >= 15 is 0 Å². The molecule has 1 aliphatic heterocycles. The maximum Gasteiger partial charge on any atom is 0.308 e. The van der Waals surface area contributed by atoms with Gasteiger partial charge in [0.1, 0.15) is 0 Å². The summed E-state index contributed by atoms with van der Waals surface area (Å²) in [5, 5.41) is 1.39. The summed E-state index contributed by atoms with van der Waals surface area (Å²) in [6.07, 6.45) is 3.14. The number of rotatable bonds is 7. The number of hydrogen-bond acceptors (Lipinski definition) is 4. The van der Waals surface area contributed by atoms with Gasteiger partial charge in [0.25, 0.3) is 0 Å². The standard InChI is InChI=1S/C23H38O4Si/c1-16-9-12-20(13-10-16)28(7,8)21(18(3)22(24)25-6)14-11-19-15-17(2)26-23(4,5)27-19/h9-10,12-13,17-19,21H,11,14-15H2,1-8H3/t17-,18+,19+,21+/m0/s1. The van der Waals surface area contributed by atoms with Crippen LogP contribution in [0.5, 0.6) is 0 Å². The van der Waals surface area contributed by atoms with Crippen molar-refractivity contribution in [2.75, 3.05) is 7.11 Å². The Kier molecular flexibility index (Phi) is 7.51. The van der Waals surface area contributed by atoms with Gasteiger partial charge in [0.15, 0.2) is 5.79 Å². The molecule has 1 aromatic carbocycles. The first kappa shape index (κ1) is 23.1. The van der Waals surface area contributed by atoms with E-state index in [0.29, 0.717) is 0 Å². The van der Waals surface area contributed by atoms with Crippen molar-refractivity contribution in [1.29, 1.82) is 0 Å². The van der Waals surface area contributed by atoms with Gasteiger partial charge in [-0.2, -0.15) is 0 Å². The van der Waals surface area contributed by atoms with Crippen LogP contribution in [0.4, 0.5) is 0 Å². The highest BCUT2D eigenvalue weighted by Gasteiger charge is 2.41. The van der Waals surface area contributed by atoms with Crippen molar-refractivity contribution in [3.63, 3.8) is 0 Å². The SMILES string of the molecule is COC(=O)[C@H](C)[C@@H](CC[C@@H]1C[C@H](C)OC(C)(C)O1)[Si](C)(C)c1ccc(C)cc1. The van der Waals surface area contributed by atoms with Gasteiger partial charge in [-0.15, -0.1) is 0 Å². The van der Waals surface area contributed by atoms with Crippen LogP contribution in [0.1, 0.15) is 52.5 Å². The largest absolute Gasteiger partial charge is 0.469 e. The number of carbonyl (C=O) groups excluding carboxylic acids is 1. The van der Waals surface area contributed by atoms with Gasteiger partial charge in [-0.3, -0.25) is 4.79 Å². The smallest absolute Gasteiger partial charge is 0.308 e. The minimum absolute atomic E-state index is 0.112. The number of hydrogen-bond donors (Lipinski definition) is 0.